The van der Waals surface area contributed by atoms with E-state index in [0.717, 1.165) is 11.1 Å². The van der Waals surface area contributed by atoms with Crippen LogP contribution in [-0.2, 0) is 0 Å². The predicted octanol–water partition coefficient (Wildman–Crippen LogP) is 3.47. The second-order valence-corrected chi connectivity index (χ2v) is 4.78. The van der Waals surface area contributed by atoms with E-state index in [4.69, 9.17) is 4.74 Å². The number of hydrogen-bond donors (Lipinski definition) is 0. The molecule has 5 heteroatoms. The van der Waals surface area contributed by atoms with E-state index in [2.05, 4.69) is 0 Å². The summed E-state index contributed by atoms with van der Waals surface area (Å²) in [5.41, 5.74) is 2.54. The van der Waals surface area contributed by atoms with Gasteiger partial charge in [-0.3, -0.25) is 14.9 Å². The Kier molecular flexibility index (Phi) is 4.33. The topological polar surface area (TPSA) is 69.4 Å². The number of hydrogen-bond acceptors (Lipinski definition) is 4. The molecular weight excluding hydrogens is 270 g/mol. The number of ketones is 1. The fraction of sp³-hybridized carbons (Fsp3) is 0.188. The number of nitro benzene ring substituents is 1. The average Bonchev–Trinajstić information content (AvgIpc) is 2.47. The number of aryl methyl sites for hydroxylation is 2. The van der Waals surface area contributed by atoms with Crippen LogP contribution in [0.15, 0.2) is 42.5 Å². The lowest BCUT2D eigenvalue weighted by Gasteiger charge is -2.08. The zero-order valence-corrected chi connectivity index (χ0v) is 11.8. The van der Waals surface area contributed by atoms with Crippen LogP contribution in [-0.4, -0.2) is 17.3 Å². The van der Waals surface area contributed by atoms with Gasteiger partial charge in [0.25, 0.3) is 5.69 Å². The first-order valence-corrected chi connectivity index (χ1v) is 6.45. The van der Waals surface area contributed by atoms with Crippen molar-refractivity contribution in [1.29, 1.82) is 0 Å². The number of nitrogens with zero attached hydrogens (tertiary/aromatic N) is 1. The molecule has 0 unspecified atom stereocenters. The van der Waals surface area contributed by atoms with Gasteiger partial charge < -0.3 is 4.74 Å². The van der Waals surface area contributed by atoms with Crippen molar-refractivity contribution in [2.75, 3.05) is 6.61 Å². The van der Waals surface area contributed by atoms with Crippen molar-refractivity contribution in [2.45, 2.75) is 13.8 Å². The number of non-ortho nitro benzene ring substituents is 1. The summed E-state index contributed by atoms with van der Waals surface area (Å²) in [5.74, 6) is 0.314. The number of carbonyl (C=O) groups excluding carboxylic acids is 1. The summed E-state index contributed by atoms with van der Waals surface area (Å²) in [6, 6.07) is 11.3. The van der Waals surface area contributed by atoms with Crippen LogP contribution in [0.25, 0.3) is 0 Å². The van der Waals surface area contributed by atoms with E-state index >= 15 is 0 Å². The Morgan fingerprint density at radius 3 is 2.43 bits per heavy atom. The van der Waals surface area contributed by atoms with Crippen LogP contribution in [0.5, 0.6) is 5.75 Å². The van der Waals surface area contributed by atoms with Crippen LogP contribution in [0.1, 0.15) is 21.5 Å². The molecule has 0 spiro atoms. The van der Waals surface area contributed by atoms with E-state index < -0.39 is 4.92 Å². The van der Waals surface area contributed by atoms with E-state index in [-0.39, 0.29) is 18.1 Å². The van der Waals surface area contributed by atoms with Gasteiger partial charge in [-0.1, -0.05) is 17.7 Å². The summed E-state index contributed by atoms with van der Waals surface area (Å²) in [6.45, 7) is 3.70. The van der Waals surface area contributed by atoms with E-state index in [1.165, 1.54) is 24.3 Å². The molecule has 0 saturated heterocycles. The number of nitro groups is 1. The number of rotatable bonds is 5. The van der Waals surface area contributed by atoms with Crippen LogP contribution in [0.3, 0.4) is 0 Å². The van der Waals surface area contributed by atoms with Crippen LogP contribution >= 0.6 is 0 Å². The maximum absolute atomic E-state index is 12.1. The summed E-state index contributed by atoms with van der Waals surface area (Å²) in [6.07, 6.45) is 0. The molecule has 0 amide bonds. The molecule has 0 atom stereocenters. The van der Waals surface area contributed by atoms with Crippen molar-refractivity contribution in [3.63, 3.8) is 0 Å². The Hall–Kier alpha value is -2.69. The zero-order chi connectivity index (χ0) is 15.4. The molecule has 0 N–H and O–H groups in total. The normalized spacial score (nSPS) is 10.2. The van der Waals surface area contributed by atoms with Gasteiger partial charge in [0.15, 0.2) is 12.4 Å². The molecule has 21 heavy (non-hydrogen) atoms. The van der Waals surface area contributed by atoms with Crippen molar-refractivity contribution < 1.29 is 14.5 Å². The van der Waals surface area contributed by atoms with Gasteiger partial charge in [0.05, 0.1) is 4.92 Å². The standard InChI is InChI=1S/C16H15NO4/c1-11-3-4-12(2)15(9-11)16(18)10-21-14-7-5-13(6-8-14)17(19)20/h3-9H,10H2,1-2H3. The van der Waals surface area contributed by atoms with Crippen molar-refractivity contribution in [2.24, 2.45) is 0 Å². The van der Waals surface area contributed by atoms with Crippen molar-refractivity contribution in [1.82, 2.24) is 0 Å². The smallest absolute Gasteiger partial charge is 0.269 e. The summed E-state index contributed by atoms with van der Waals surface area (Å²) in [7, 11) is 0. The first-order chi connectivity index (χ1) is 9.97. The van der Waals surface area contributed by atoms with Gasteiger partial charge in [0, 0.05) is 17.7 Å². The SMILES string of the molecule is Cc1ccc(C)c(C(=O)COc2ccc([N+](=O)[O-])cc2)c1. The van der Waals surface area contributed by atoms with Crippen molar-refractivity contribution in [3.8, 4) is 5.75 Å². The van der Waals surface area contributed by atoms with Gasteiger partial charge in [-0.25, -0.2) is 0 Å². The molecule has 0 fully saturated rings. The summed E-state index contributed by atoms with van der Waals surface area (Å²) in [4.78, 5) is 22.2. The highest BCUT2D eigenvalue weighted by Gasteiger charge is 2.11. The first-order valence-electron chi connectivity index (χ1n) is 6.45. The van der Waals surface area contributed by atoms with Gasteiger partial charge in [-0.05, 0) is 37.6 Å². The molecule has 0 radical (unpaired) electrons. The van der Waals surface area contributed by atoms with E-state index in [1.807, 2.05) is 32.0 Å². The molecule has 0 aliphatic carbocycles. The first kappa shape index (κ1) is 14.7. The summed E-state index contributed by atoms with van der Waals surface area (Å²) >= 11 is 0. The van der Waals surface area contributed by atoms with Crippen LogP contribution in [0, 0.1) is 24.0 Å². The third kappa shape index (κ3) is 3.66. The fourth-order valence-electron chi connectivity index (χ4n) is 1.93. The molecular formula is C16H15NO4. The fourth-order valence-corrected chi connectivity index (χ4v) is 1.93. The van der Waals surface area contributed by atoms with Gasteiger partial charge in [0.2, 0.25) is 0 Å². The Morgan fingerprint density at radius 2 is 1.81 bits per heavy atom. The second kappa shape index (κ2) is 6.17. The van der Waals surface area contributed by atoms with Crippen molar-refractivity contribution >= 4 is 11.5 Å². The number of benzene rings is 2. The molecule has 2 rings (SSSR count). The molecule has 2 aromatic carbocycles. The molecule has 5 nitrogen and oxygen atoms in total. The Bertz CT molecular complexity index is 677. The minimum Gasteiger partial charge on any atom is -0.485 e. The average molecular weight is 285 g/mol. The number of ether oxygens (including phenoxy) is 1. The van der Waals surface area contributed by atoms with E-state index in [9.17, 15) is 14.9 Å². The third-order valence-electron chi connectivity index (χ3n) is 3.11. The lowest BCUT2D eigenvalue weighted by molar-refractivity contribution is -0.384. The molecule has 2 aromatic rings. The molecule has 0 heterocycles. The van der Waals surface area contributed by atoms with Crippen LogP contribution in [0.2, 0.25) is 0 Å². The lowest BCUT2D eigenvalue weighted by Crippen LogP contribution is -2.13. The maximum atomic E-state index is 12.1. The van der Waals surface area contributed by atoms with Gasteiger partial charge in [-0.2, -0.15) is 0 Å². The molecule has 0 saturated carbocycles. The molecule has 0 aliphatic heterocycles. The Balaban J connectivity index is 2.04. The zero-order valence-electron chi connectivity index (χ0n) is 11.8. The molecule has 0 aromatic heterocycles. The number of Topliss-reactive ketones (excluding diaryl/α,β-unsaturated/α-hetero) is 1. The monoisotopic (exact) mass is 285 g/mol. The molecule has 108 valence electrons. The van der Waals surface area contributed by atoms with E-state index in [1.54, 1.807) is 0 Å². The minimum atomic E-state index is -0.481. The van der Waals surface area contributed by atoms with Gasteiger partial charge in [-0.15, -0.1) is 0 Å². The van der Waals surface area contributed by atoms with Gasteiger partial charge >= 0.3 is 0 Å². The van der Waals surface area contributed by atoms with E-state index in [0.29, 0.717) is 11.3 Å². The van der Waals surface area contributed by atoms with Crippen LogP contribution in [0.4, 0.5) is 5.69 Å². The second-order valence-electron chi connectivity index (χ2n) is 4.78. The summed E-state index contributed by atoms with van der Waals surface area (Å²) < 4.78 is 5.38. The highest BCUT2D eigenvalue weighted by Crippen LogP contribution is 2.18. The largest absolute Gasteiger partial charge is 0.485 e. The number of carbonyl (C=O) groups is 1. The predicted molar refractivity (Wildman–Crippen MR) is 78.8 cm³/mol. The Labute approximate surface area is 122 Å². The maximum Gasteiger partial charge on any atom is 0.269 e. The lowest BCUT2D eigenvalue weighted by atomic mass is 10.0. The molecule has 0 aliphatic rings. The Morgan fingerprint density at radius 1 is 1.14 bits per heavy atom. The van der Waals surface area contributed by atoms with Gasteiger partial charge in [0.1, 0.15) is 5.75 Å². The minimum absolute atomic E-state index is 0.0109. The highest BCUT2D eigenvalue weighted by molar-refractivity contribution is 5.98. The quantitative estimate of drug-likeness (QED) is 0.479. The van der Waals surface area contributed by atoms with Crippen molar-refractivity contribution in [3.05, 3.63) is 69.3 Å². The highest BCUT2D eigenvalue weighted by atomic mass is 16.6. The third-order valence-corrected chi connectivity index (χ3v) is 3.11. The van der Waals surface area contributed by atoms with Crippen LogP contribution < -0.4 is 4.74 Å². The summed E-state index contributed by atoms with van der Waals surface area (Å²) in [5, 5.41) is 10.5. The molecule has 0 bridgehead atoms.